The van der Waals surface area contributed by atoms with Crippen molar-refractivity contribution in [1.29, 1.82) is 0 Å². The standard InChI is InChI=1S/C29H24N4O4S2/c34-26(32-28-30-22-11-4-5-12-23(22)38-28)20-10-6-7-18-13-15-33(17-21(18)20)29-31-25(27(35)36)24(39-29)14-16-37-19-8-2-1-3-9-19/h1-12H,13-17H2,(H,35,36)(H,30,32,34). The van der Waals surface area contributed by atoms with Gasteiger partial charge < -0.3 is 14.7 Å². The first-order valence-corrected chi connectivity index (χ1v) is 14.1. The van der Waals surface area contributed by atoms with Crippen molar-refractivity contribution in [3.8, 4) is 5.75 Å². The number of nitrogens with zero attached hydrogens (tertiary/aromatic N) is 3. The Kier molecular flexibility index (Phi) is 6.95. The molecule has 0 bridgehead atoms. The van der Waals surface area contributed by atoms with Crippen molar-refractivity contribution >= 4 is 55.0 Å². The van der Waals surface area contributed by atoms with Gasteiger partial charge in [0.2, 0.25) is 0 Å². The molecule has 0 unspecified atom stereocenters. The number of carbonyl (C=O) groups is 2. The van der Waals surface area contributed by atoms with Crippen LogP contribution in [0.4, 0.5) is 10.3 Å². The van der Waals surface area contributed by atoms with E-state index in [0.717, 1.165) is 33.5 Å². The maximum Gasteiger partial charge on any atom is 0.355 e. The number of ether oxygens (including phenoxy) is 1. The second-order valence-corrected chi connectivity index (χ2v) is 11.1. The highest BCUT2D eigenvalue weighted by atomic mass is 32.1. The molecule has 2 N–H and O–H groups in total. The lowest BCUT2D eigenvalue weighted by molar-refractivity contribution is 0.0690. The summed E-state index contributed by atoms with van der Waals surface area (Å²) in [6, 6.07) is 23.0. The summed E-state index contributed by atoms with van der Waals surface area (Å²) in [7, 11) is 0. The Labute approximate surface area is 232 Å². The lowest BCUT2D eigenvalue weighted by Gasteiger charge is -2.29. The van der Waals surface area contributed by atoms with E-state index in [1.807, 2.05) is 72.8 Å². The Balaban J connectivity index is 1.20. The molecule has 8 nitrogen and oxygen atoms in total. The average Bonchev–Trinajstić information content (AvgIpc) is 3.57. The van der Waals surface area contributed by atoms with E-state index in [2.05, 4.69) is 20.2 Å². The summed E-state index contributed by atoms with van der Waals surface area (Å²) in [5.41, 5.74) is 3.52. The van der Waals surface area contributed by atoms with E-state index in [0.29, 0.717) is 46.8 Å². The average molecular weight is 557 g/mol. The number of amides is 1. The lowest BCUT2D eigenvalue weighted by Crippen LogP contribution is -2.32. The zero-order valence-corrected chi connectivity index (χ0v) is 22.4. The highest BCUT2D eigenvalue weighted by molar-refractivity contribution is 7.22. The highest BCUT2D eigenvalue weighted by Crippen LogP contribution is 2.33. The third-order valence-electron chi connectivity index (χ3n) is 6.53. The quantitative estimate of drug-likeness (QED) is 0.246. The molecule has 0 radical (unpaired) electrons. The van der Waals surface area contributed by atoms with Gasteiger partial charge in [-0.05, 0) is 47.9 Å². The Morgan fingerprint density at radius 1 is 0.974 bits per heavy atom. The molecule has 1 amide bonds. The minimum Gasteiger partial charge on any atom is -0.493 e. The summed E-state index contributed by atoms with van der Waals surface area (Å²) >= 11 is 2.81. The third kappa shape index (κ3) is 5.34. The number of anilines is 2. The maximum atomic E-state index is 13.3. The molecule has 3 aromatic carbocycles. The van der Waals surface area contributed by atoms with Crippen molar-refractivity contribution in [3.63, 3.8) is 0 Å². The second kappa shape index (κ2) is 10.8. The van der Waals surface area contributed by atoms with Gasteiger partial charge in [0, 0.05) is 30.0 Å². The molecular weight excluding hydrogens is 532 g/mol. The molecule has 5 aromatic rings. The van der Waals surface area contributed by atoms with Gasteiger partial charge in [0.05, 0.1) is 16.8 Å². The minimum absolute atomic E-state index is 0.0549. The number of aromatic nitrogens is 2. The van der Waals surface area contributed by atoms with Crippen molar-refractivity contribution in [2.24, 2.45) is 0 Å². The van der Waals surface area contributed by atoms with E-state index in [1.54, 1.807) is 0 Å². The van der Waals surface area contributed by atoms with Gasteiger partial charge in [-0.2, -0.15) is 0 Å². The second-order valence-electron chi connectivity index (χ2n) is 9.04. The predicted octanol–water partition coefficient (Wildman–Crippen LogP) is 5.89. The number of nitrogens with one attached hydrogen (secondary N) is 1. The minimum atomic E-state index is -1.06. The number of benzene rings is 3. The van der Waals surface area contributed by atoms with Gasteiger partial charge in [-0.1, -0.05) is 53.8 Å². The summed E-state index contributed by atoms with van der Waals surface area (Å²) in [6.45, 7) is 1.50. The van der Waals surface area contributed by atoms with E-state index in [4.69, 9.17) is 4.74 Å². The van der Waals surface area contributed by atoms with Gasteiger partial charge >= 0.3 is 5.97 Å². The van der Waals surface area contributed by atoms with Crippen molar-refractivity contribution < 1.29 is 19.4 Å². The summed E-state index contributed by atoms with van der Waals surface area (Å²) in [5.74, 6) is -0.527. The summed E-state index contributed by atoms with van der Waals surface area (Å²) in [5, 5.41) is 13.9. The lowest BCUT2D eigenvalue weighted by atomic mass is 9.94. The van der Waals surface area contributed by atoms with E-state index in [-0.39, 0.29) is 11.6 Å². The molecule has 3 heterocycles. The molecule has 39 heavy (non-hydrogen) atoms. The van der Waals surface area contributed by atoms with Crippen molar-refractivity contribution in [1.82, 2.24) is 9.97 Å². The molecule has 196 valence electrons. The van der Waals surface area contributed by atoms with E-state index < -0.39 is 5.97 Å². The molecule has 0 fully saturated rings. The molecule has 0 saturated carbocycles. The Hall–Kier alpha value is -4.28. The Morgan fingerprint density at radius 3 is 2.62 bits per heavy atom. The molecule has 10 heteroatoms. The van der Waals surface area contributed by atoms with E-state index >= 15 is 0 Å². The molecule has 0 aliphatic carbocycles. The van der Waals surface area contributed by atoms with E-state index in [1.165, 1.54) is 22.7 Å². The van der Waals surface area contributed by atoms with Gasteiger partial charge in [-0.25, -0.2) is 14.8 Å². The first-order chi connectivity index (χ1) is 19.0. The van der Waals surface area contributed by atoms with Crippen LogP contribution in [0.1, 0.15) is 36.9 Å². The number of thiazole rings is 2. The Bertz CT molecular complexity index is 1630. The number of carboxylic acid groups (broad SMARTS) is 1. The fourth-order valence-corrected chi connectivity index (χ4v) is 6.55. The number of hydrogen-bond donors (Lipinski definition) is 2. The molecule has 1 aliphatic heterocycles. The summed E-state index contributed by atoms with van der Waals surface area (Å²) in [6.07, 6.45) is 1.17. The van der Waals surface area contributed by atoms with Crippen LogP contribution in [0.25, 0.3) is 10.2 Å². The topological polar surface area (TPSA) is 105 Å². The SMILES string of the molecule is O=C(Nc1nc2ccccc2s1)c1cccc2c1CN(c1nc(C(=O)O)c(CCOc3ccccc3)s1)CC2. The van der Waals surface area contributed by atoms with Gasteiger partial charge in [0.15, 0.2) is 16.0 Å². The summed E-state index contributed by atoms with van der Waals surface area (Å²) < 4.78 is 6.79. The number of carboxylic acids is 1. The zero-order valence-electron chi connectivity index (χ0n) is 20.8. The van der Waals surface area contributed by atoms with Crippen molar-refractivity contribution in [2.45, 2.75) is 19.4 Å². The number of hydrogen-bond acceptors (Lipinski definition) is 8. The van der Waals surface area contributed by atoms with Gasteiger partial charge in [-0.15, -0.1) is 11.3 Å². The van der Waals surface area contributed by atoms with Crippen LogP contribution >= 0.6 is 22.7 Å². The van der Waals surface area contributed by atoms with Crippen LogP contribution < -0.4 is 15.0 Å². The number of aromatic carboxylic acids is 1. The van der Waals surface area contributed by atoms with Crippen LogP contribution in [0.15, 0.2) is 72.8 Å². The molecule has 2 aromatic heterocycles. The molecule has 0 saturated heterocycles. The smallest absolute Gasteiger partial charge is 0.355 e. The maximum absolute atomic E-state index is 13.3. The van der Waals surface area contributed by atoms with Crippen LogP contribution in [0, 0.1) is 0 Å². The zero-order chi connectivity index (χ0) is 26.8. The fraction of sp³-hybridized carbons (Fsp3) is 0.172. The molecular formula is C29H24N4O4S2. The summed E-state index contributed by atoms with van der Waals surface area (Å²) in [4.78, 5) is 37.0. The largest absolute Gasteiger partial charge is 0.493 e. The molecule has 1 aliphatic rings. The first-order valence-electron chi connectivity index (χ1n) is 12.5. The number of rotatable bonds is 8. The number of fused-ring (bicyclic) bond motifs is 2. The van der Waals surface area contributed by atoms with Crippen LogP contribution in [-0.4, -0.2) is 40.1 Å². The third-order valence-corrected chi connectivity index (χ3v) is 8.66. The van der Waals surface area contributed by atoms with Crippen molar-refractivity contribution in [3.05, 3.63) is 100 Å². The molecule has 0 atom stereocenters. The van der Waals surface area contributed by atoms with Gasteiger partial charge in [0.1, 0.15) is 5.75 Å². The predicted molar refractivity (Wildman–Crippen MR) is 153 cm³/mol. The van der Waals surface area contributed by atoms with Crippen LogP contribution in [0.2, 0.25) is 0 Å². The monoisotopic (exact) mass is 556 g/mol. The van der Waals surface area contributed by atoms with E-state index in [9.17, 15) is 14.7 Å². The van der Waals surface area contributed by atoms with Gasteiger partial charge in [0.25, 0.3) is 5.91 Å². The highest BCUT2D eigenvalue weighted by Gasteiger charge is 2.26. The fourth-order valence-electron chi connectivity index (χ4n) is 4.64. The number of carbonyl (C=O) groups excluding carboxylic acids is 1. The first kappa shape index (κ1) is 25.0. The number of para-hydroxylation sites is 2. The van der Waals surface area contributed by atoms with Crippen LogP contribution in [-0.2, 0) is 19.4 Å². The van der Waals surface area contributed by atoms with Crippen LogP contribution in [0.5, 0.6) is 5.75 Å². The Morgan fingerprint density at radius 2 is 1.79 bits per heavy atom. The molecule has 0 spiro atoms. The van der Waals surface area contributed by atoms with Crippen LogP contribution in [0.3, 0.4) is 0 Å². The molecule has 6 rings (SSSR count). The normalized spacial score (nSPS) is 12.8. The van der Waals surface area contributed by atoms with Crippen molar-refractivity contribution in [2.75, 3.05) is 23.4 Å². The van der Waals surface area contributed by atoms with Gasteiger partial charge in [-0.3, -0.25) is 10.1 Å².